The molecule has 0 saturated heterocycles. The number of anilines is 1. The van der Waals surface area contributed by atoms with Crippen LogP contribution in [0.25, 0.3) is 0 Å². The van der Waals surface area contributed by atoms with Crippen molar-refractivity contribution in [2.45, 2.75) is 26.7 Å². The predicted molar refractivity (Wildman–Crippen MR) is 97.1 cm³/mol. The molecule has 2 rings (SSSR count). The summed E-state index contributed by atoms with van der Waals surface area (Å²) in [5.74, 6) is 1.41. The lowest BCUT2D eigenvalue weighted by molar-refractivity contribution is 0.0796. The normalized spacial score (nSPS) is 10.7. The number of carbonyl (C=O) groups is 1. The molecule has 0 radical (unpaired) electrons. The Bertz CT molecular complexity index is 643. The van der Waals surface area contributed by atoms with E-state index in [1.54, 1.807) is 29.6 Å². The Labute approximate surface area is 144 Å². The van der Waals surface area contributed by atoms with Crippen molar-refractivity contribution in [1.29, 1.82) is 0 Å². The molecule has 0 atom stereocenters. The summed E-state index contributed by atoms with van der Waals surface area (Å²) in [7, 11) is 1.83. The molecule has 2 heterocycles. The highest BCUT2D eigenvalue weighted by Gasteiger charge is 2.12. The Kier molecular flexibility index (Phi) is 6.73. The summed E-state index contributed by atoms with van der Waals surface area (Å²) in [5.41, 5.74) is 1.84. The minimum absolute atomic E-state index is 0.0124. The van der Waals surface area contributed by atoms with Crippen molar-refractivity contribution in [2.24, 2.45) is 5.92 Å². The molecule has 0 aromatic carbocycles. The second-order valence-electron chi connectivity index (χ2n) is 6.37. The molecule has 2 aromatic rings. The molecule has 0 saturated carbocycles. The summed E-state index contributed by atoms with van der Waals surface area (Å²) in [4.78, 5) is 22.6. The maximum atomic E-state index is 12.6. The molecule has 1 N–H and O–H groups in total. The number of aromatic nitrogens is 2. The van der Waals surface area contributed by atoms with Gasteiger partial charge < -0.3 is 10.2 Å². The second kappa shape index (κ2) is 9.01. The van der Waals surface area contributed by atoms with E-state index >= 15 is 0 Å². The van der Waals surface area contributed by atoms with E-state index in [9.17, 15) is 4.79 Å². The summed E-state index contributed by atoms with van der Waals surface area (Å²) in [5, 5.41) is 3.28. The van der Waals surface area contributed by atoms with E-state index in [1.165, 1.54) is 5.56 Å². The summed E-state index contributed by atoms with van der Waals surface area (Å²) in [6, 6.07) is 7.54. The third-order valence-electron chi connectivity index (χ3n) is 3.87. The number of rotatable bonds is 8. The zero-order valence-corrected chi connectivity index (χ0v) is 14.7. The monoisotopic (exact) mass is 326 g/mol. The Morgan fingerprint density at radius 2 is 1.96 bits per heavy atom. The van der Waals surface area contributed by atoms with Gasteiger partial charge in [-0.15, -0.1) is 0 Å². The molecule has 0 bridgehead atoms. The molecule has 0 unspecified atom stereocenters. The van der Waals surface area contributed by atoms with Gasteiger partial charge >= 0.3 is 0 Å². The number of pyridine rings is 2. The first-order chi connectivity index (χ1) is 11.6. The quantitative estimate of drug-likeness (QED) is 0.809. The van der Waals surface area contributed by atoms with Crippen LogP contribution in [0.2, 0.25) is 0 Å². The van der Waals surface area contributed by atoms with Gasteiger partial charge in [-0.3, -0.25) is 9.78 Å². The van der Waals surface area contributed by atoms with Gasteiger partial charge in [-0.25, -0.2) is 4.98 Å². The number of carbonyl (C=O) groups excluding carboxylic acids is 1. The van der Waals surface area contributed by atoms with E-state index in [4.69, 9.17) is 0 Å². The zero-order chi connectivity index (χ0) is 17.4. The number of nitrogens with one attached hydrogen (secondary N) is 1. The largest absolute Gasteiger partial charge is 0.370 e. The molecule has 1 amide bonds. The molecule has 0 aliphatic heterocycles. The van der Waals surface area contributed by atoms with E-state index < -0.39 is 0 Å². The molecule has 0 spiro atoms. The van der Waals surface area contributed by atoms with Crippen LogP contribution in [0.1, 0.15) is 36.2 Å². The van der Waals surface area contributed by atoms with Gasteiger partial charge in [0.05, 0.1) is 0 Å². The fourth-order valence-electron chi connectivity index (χ4n) is 2.32. The maximum absolute atomic E-state index is 12.6. The fourth-order valence-corrected chi connectivity index (χ4v) is 2.32. The highest BCUT2D eigenvalue weighted by atomic mass is 16.2. The van der Waals surface area contributed by atoms with Crippen LogP contribution in [0.5, 0.6) is 0 Å². The number of hydrogen-bond donors (Lipinski definition) is 1. The van der Waals surface area contributed by atoms with Crippen molar-refractivity contribution in [2.75, 3.05) is 25.5 Å². The third kappa shape index (κ3) is 5.65. The van der Waals surface area contributed by atoms with Gasteiger partial charge in [-0.1, -0.05) is 13.8 Å². The Morgan fingerprint density at radius 3 is 2.67 bits per heavy atom. The van der Waals surface area contributed by atoms with Crippen LogP contribution in [0.3, 0.4) is 0 Å². The van der Waals surface area contributed by atoms with Gasteiger partial charge in [0.1, 0.15) is 5.82 Å². The highest BCUT2D eigenvalue weighted by molar-refractivity contribution is 5.94. The molecular weight excluding hydrogens is 300 g/mol. The van der Waals surface area contributed by atoms with Crippen molar-refractivity contribution in [3.05, 3.63) is 54.0 Å². The summed E-state index contributed by atoms with van der Waals surface area (Å²) >= 11 is 0. The Hall–Kier alpha value is -2.43. The van der Waals surface area contributed by atoms with Crippen molar-refractivity contribution in [1.82, 2.24) is 14.9 Å². The molecule has 0 aliphatic rings. The minimum atomic E-state index is 0.0124. The van der Waals surface area contributed by atoms with E-state index in [1.807, 2.05) is 25.2 Å². The van der Waals surface area contributed by atoms with Crippen LogP contribution in [0, 0.1) is 5.92 Å². The predicted octanol–water partition coefficient (Wildman–Crippen LogP) is 3.25. The van der Waals surface area contributed by atoms with Crippen LogP contribution in [0.15, 0.2) is 42.9 Å². The second-order valence-corrected chi connectivity index (χ2v) is 6.37. The lowest BCUT2D eigenvalue weighted by atomic mass is 10.1. The molecule has 5 nitrogen and oxygen atoms in total. The van der Waals surface area contributed by atoms with E-state index in [-0.39, 0.29) is 5.91 Å². The van der Waals surface area contributed by atoms with Gasteiger partial charge in [-0.2, -0.15) is 0 Å². The number of amides is 1. The Balaban J connectivity index is 1.90. The standard InChI is InChI=1S/C19H26N4O/c1-15(2)4-11-21-18-14-17(7-12-22-18)19(24)23(3)13-8-16-5-9-20-10-6-16/h5-7,9-10,12,14-15H,4,8,11,13H2,1-3H3,(H,21,22). The maximum Gasteiger partial charge on any atom is 0.253 e. The molecule has 2 aromatic heterocycles. The van der Waals surface area contributed by atoms with Crippen molar-refractivity contribution < 1.29 is 4.79 Å². The van der Waals surface area contributed by atoms with Crippen molar-refractivity contribution in [3.8, 4) is 0 Å². The first-order valence-electron chi connectivity index (χ1n) is 8.40. The third-order valence-corrected chi connectivity index (χ3v) is 3.87. The van der Waals surface area contributed by atoms with E-state index in [0.29, 0.717) is 18.0 Å². The van der Waals surface area contributed by atoms with Crippen LogP contribution in [0.4, 0.5) is 5.82 Å². The minimum Gasteiger partial charge on any atom is -0.370 e. The Morgan fingerprint density at radius 1 is 1.21 bits per heavy atom. The molecule has 0 fully saturated rings. The molecule has 5 heteroatoms. The van der Waals surface area contributed by atoms with Crippen LogP contribution >= 0.6 is 0 Å². The zero-order valence-electron chi connectivity index (χ0n) is 14.7. The lowest BCUT2D eigenvalue weighted by Gasteiger charge is -2.17. The SMILES string of the molecule is CC(C)CCNc1cc(C(=O)N(C)CCc2ccncc2)ccn1. The smallest absolute Gasteiger partial charge is 0.253 e. The van der Waals surface area contributed by atoms with Gasteiger partial charge in [0.15, 0.2) is 0 Å². The van der Waals surface area contributed by atoms with Gasteiger partial charge in [0.25, 0.3) is 5.91 Å². The molecule has 128 valence electrons. The number of hydrogen-bond acceptors (Lipinski definition) is 4. The fraction of sp³-hybridized carbons (Fsp3) is 0.421. The van der Waals surface area contributed by atoms with E-state index in [0.717, 1.165) is 25.2 Å². The highest BCUT2D eigenvalue weighted by Crippen LogP contribution is 2.11. The van der Waals surface area contributed by atoms with Crippen molar-refractivity contribution >= 4 is 11.7 Å². The van der Waals surface area contributed by atoms with Crippen molar-refractivity contribution in [3.63, 3.8) is 0 Å². The first-order valence-corrected chi connectivity index (χ1v) is 8.40. The molecule has 24 heavy (non-hydrogen) atoms. The average molecular weight is 326 g/mol. The molecule has 0 aliphatic carbocycles. The first kappa shape index (κ1) is 17.9. The summed E-state index contributed by atoms with van der Waals surface area (Å²) in [6.45, 7) is 5.90. The number of likely N-dealkylation sites (N-methyl/N-ethyl adjacent to an activating group) is 1. The average Bonchev–Trinajstić information content (AvgIpc) is 2.60. The van der Waals surface area contributed by atoms with Gasteiger partial charge in [0, 0.05) is 44.3 Å². The lowest BCUT2D eigenvalue weighted by Crippen LogP contribution is -2.29. The van der Waals surface area contributed by atoms with E-state index in [2.05, 4.69) is 29.1 Å². The van der Waals surface area contributed by atoms with Crippen LogP contribution in [-0.4, -0.2) is 40.9 Å². The number of nitrogens with zero attached hydrogens (tertiary/aromatic N) is 3. The summed E-state index contributed by atoms with van der Waals surface area (Å²) < 4.78 is 0. The molecular formula is C19H26N4O. The van der Waals surface area contributed by atoms with Crippen LogP contribution < -0.4 is 5.32 Å². The van der Waals surface area contributed by atoms with Crippen LogP contribution in [-0.2, 0) is 6.42 Å². The van der Waals surface area contributed by atoms with Gasteiger partial charge in [0.2, 0.25) is 0 Å². The summed E-state index contributed by atoms with van der Waals surface area (Å²) in [6.07, 6.45) is 7.12. The topological polar surface area (TPSA) is 58.1 Å². The van der Waals surface area contributed by atoms with Gasteiger partial charge in [-0.05, 0) is 48.6 Å².